The molecule has 1 rings (SSSR count). The summed E-state index contributed by atoms with van der Waals surface area (Å²) < 4.78 is 9.92. The number of carbonyl (C=O) groups excluding carboxylic acids is 2. The molecule has 0 saturated heterocycles. The third-order valence-corrected chi connectivity index (χ3v) is 2.73. The molecule has 0 aromatic heterocycles. The fourth-order valence-electron chi connectivity index (χ4n) is 1.62. The number of carboxylic acids is 1. The topological polar surface area (TPSA) is 102 Å². The number of aliphatic carboxylic acids is 1. The largest absolute Gasteiger partial charge is 0.481 e. The summed E-state index contributed by atoms with van der Waals surface area (Å²) in [4.78, 5) is 34.4. The Bertz CT molecular complexity index is 529. The van der Waals surface area contributed by atoms with Crippen LogP contribution >= 0.6 is 0 Å². The SMILES string of the molecule is CC(C)COC(=O)[C@@H](CC(=O)O)NC(=O)OCc1ccccc1. The Morgan fingerprint density at radius 1 is 1.13 bits per heavy atom. The molecule has 0 unspecified atom stereocenters. The molecule has 1 aromatic rings. The number of hydrogen-bond acceptors (Lipinski definition) is 5. The summed E-state index contributed by atoms with van der Waals surface area (Å²) in [5.41, 5.74) is 0.778. The van der Waals surface area contributed by atoms with Gasteiger partial charge in [-0.3, -0.25) is 4.79 Å². The van der Waals surface area contributed by atoms with Crippen molar-refractivity contribution in [3.63, 3.8) is 0 Å². The van der Waals surface area contributed by atoms with E-state index in [9.17, 15) is 14.4 Å². The van der Waals surface area contributed by atoms with Crippen LogP contribution < -0.4 is 5.32 Å². The number of rotatable bonds is 8. The van der Waals surface area contributed by atoms with E-state index in [2.05, 4.69) is 5.32 Å². The van der Waals surface area contributed by atoms with Crippen LogP contribution in [0.4, 0.5) is 4.79 Å². The van der Waals surface area contributed by atoms with E-state index in [1.54, 1.807) is 24.3 Å². The quantitative estimate of drug-likeness (QED) is 0.709. The summed E-state index contributed by atoms with van der Waals surface area (Å²) in [5, 5.41) is 11.1. The third kappa shape index (κ3) is 7.85. The van der Waals surface area contributed by atoms with Crippen molar-refractivity contribution in [3.05, 3.63) is 35.9 Å². The first-order valence-corrected chi connectivity index (χ1v) is 7.24. The number of nitrogens with one attached hydrogen (secondary N) is 1. The Kier molecular flexibility index (Phi) is 7.59. The Morgan fingerprint density at radius 2 is 1.78 bits per heavy atom. The van der Waals surface area contributed by atoms with Gasteiger partial charge in [0.15, 0.2) is 0 Å². The standard InChI is InChI=1S/C16H21NO6/c1-11(2)9-22-15(20)13(8-14(18)19)17-16(21)23-10-12-6-4-3-5-7-12/h3-7,11,13H,8-10H2,1-2H3,(H,17,21)(H,18,19)/t13-/m1/s1. The first-order chi connectivity index (χ1) is 10.9. The zero-order chi connectivity index (χ0) is 17.2. The predicted octanol–water partition coefficient (Wildman–Crippen LogP) is 1.96. The molecule has 0 aliphatic heterocycles. The number of amides is 1. The van der Waals surface area contributed by atoms with E-state index in [0.717, 1.165) is 5.56 Å². The molecule has 0 heterocycles. The van der Waals surface area contributed by atoms with Crippen molar-refractivity contribution in [2.24, 2.45) is 5.92 Å². The fourth-order valence-corrected chi connectivity index (χ4v) is 1.62. The zero-order valence-corrected chi connectivity index (χ0v) is 13.2. The fraction of sp³-hybridized carbons (Fsp3) is 0.438. The van der Waals surface area contributed by atoms with Crippen LogP contribution in [0.2, 0.25) is 0 Å². The monoisotopic (exact) mass is 323 g/mol. The molecule has 0 spiro atoms. The molecule has 0 fully saturated rings. The predicted molar refractivity (Wildman–Crippen MR) is 81.6 cm³/mol. The van der Waals surface area contributed by atoms with Gasteiger partial charge in [-0.1, -0.05) is 44.2 Å². The highest BCUT2D eigenvalue weighted by Gasteiger charge is 2.26. The zero-order valence-electron chi connectivity index (χ0n) is 13.2. The minimum absolute atomic E-state index is 0.0213. The van der Waals surface area contributed by atoms with E-state index >= 15 is 0 Å². The molecule has 126 valence electrons. The summed E-state index contributed by atoms with van der Waals surface area (Å²) in [7, 11) is 0. The van der Waals surface area contributed by atoms with Gasteiger partial charge in [0.05, 0.1) is 13.0 Å². The number of alkyl carbamates (subject to hydrolysis) is 1. The van der Waals surface area contributed by atoms with Crippen molar-refractivity contribution in [2.45, 2.75) is 32.9 Å². The van der Waals surface area contributed by atoms with Crippen molar-refractivity contribution in [2.75, 3.05) is 6.61 Å². The summed E-state index contributed by atoms with van der Waals surface area (Å²) in [6.07, 6.45) is -1.45. The van der Waals surface area contributed by atoms with Gasteiger partial charge in [0, 0.05) is 0 Å². The van der Waals surface area contributed by atoms with Gasteiger partial charge < -0.3 is 19.9 Å². The average Bonchev–Trinajstić information content (AvgIpc) is 2.50. The van der Waals surface area contributed by atoms with Crippen LogP contribution in [0.1, 0.15) is 25.8 Å². The first-order valence-electron chi connectivity index (χ1n) is 7.24. The summed E-state index contributed by atoms with van der Waals surface area (Å²) in [6, 6.07) is 7.70. The number of benzene rings is 1. The van der Waals surface area contributed by atoms with Crippen LogP contribution in [0.3, 0.4) is 0 Å². The summed E-state index contributed by atoms with van der Waals surface area (Å²) in [5.74, 6) is -1.91. The lowest BCUT2D eigenvalue weighted by Crippen LogP contribution is -2.43. The van der Waals surface area contributed by atoms with E-state index < -0.39 is 30.5 Å². The Balaban J connectivity index is 2.52. The maximum absolute atomic E-state index is 11.8. The lowest BCUT2D eigenvalue weighted by atomic mass is 10.2. The number of ether oxygens (including phenoxy) is 2. The summed E-state index contributed by atoms with van der Waals surface area (Å²) >= 11 is 0. The van der Waals surface area contributed by atoms with Gasteiger partial charge in [0.2, 0.25) is 0 Å². The number of carbonyl (C=O) groups is 3. The average molecular weight is 323 g/mol. The molecule has 0 radical (unpaired) electrons. The molecule has 1 aromatic carbocycles. The Morgan fingerprint density at radius 3 is 2.35 bits per heavy atom. The molecule has 0 bridgehead atoms. The second-order valence-corrected chi connectivity index (χ2v) is 5.38. The molecule has 1 amide bonds. The van der Waals surface area contributed by atoms with Crippen LogP contribution in [0.15, 0.2) is 30.3 Å². The summed E-state index contributed by atoms with van der Waals surface area (Å²) in [6.45, 7) is 3.87. The van der Waals surface area contributed by atoms with Gasteiger partial charge in [-0.2, -0.15) is 0 Å². The first kappa shape index (κ1) is 18.5. The maximum atomic E-state index is 11.8. The molecule has 1 atom stereocenters. The van der Waals surface area contributed by atoms with E-state index in [4.69, 9.17) is 14.6 Å². The minimum Gasteiger partial charge on any atom is -0.481 e. The van der Waals surface area contributed by atoms with Crippen LogP contribution in [-0.2, 0) is 25.7 Å². The number of esters is 1. The van der Waals surface area contributed by atoms with Crippen LogP contribution in [0, 0.1) is 5.92 Å². The molecule has 0 saturated carbocycles. The normalized spacial score (nSPS) is 11.6. The molecule has 0 aliphatic carbocycles. The van der Waals surface area contributed by atoms with E-state index in [1.165, 1.54) is 0 Å². The van der Waals surface area contributed by atoms with Gasteiger partial charge in [0.1, 0.15) is 12.6 Å². The van der Waals surface area contributed by atoms with Gasteiger partial charge in [-0.25, -0.2) is 9.59 Å². The minimum atomic E-state index is -1.28. The lowest BCUT2D eigenvalue weighted by molar-refractivity contribution is -0.151. The second-order valence-electron chi connectivity index (χ2n) is 5.38. The van der Waals surface area contributed by atoms with Crippen molar-refractivity contribution in [3.8, 4) is 0 Å². The highest BCUT2D eigenvalue weighted by molar-refractivity contribution is 5.85. The van der Waals surface area contributed by atoms with Crippen molar-refractivity contribution in [1.82, 2.24) is 5.32 Å². The molecule has 23 heavy (non-hydrogen) atoms. The molecular weight excluding hydrogens is 302 g/mol. The maximum Gasteiger partial charge on any atom is 0.408 e. The molecule has 7 heteroatoms. The van der Waals surface area contributed by atoms with Gasteiger partial charge >= 0.3 is 18.0 Å². The molecule has 2 N–H and O–H groups in total. The van der Waals surface area contributed by atoms with Crippen LogP contribution in [0.25, 0.3) is 0 Å². The van der Waals surface area contributed by atoms with Gasteiger partial charge in [-0.05, 0) is 11.5 Å². The van der Waals surface area contributed by atoms with Crippen molar-refractivity contribution >= 4 is 18.0 Å². The van der Waals surface area contributed by atoms with Crippen LogP contribution in [-0.4, -0.2) is 35.8 Å². The Hall–Kier alpha value is -2.57. The molecule has 7 nitrogen and oxygen atoms in total. The lowest BCUT2D eigenvalue weighted by Gasteiger charge is -2.16. The van der Waals surface area contributed by atoms with Crippen LogP contribution in [0.5, 0.6) is 0 Å². The Labute approximate surface area is 134 Å². The highest BCUT2D eigenvalue weighted by atomic mass is 16.6. The number of hydrogen-bond donors (Lipinski definition) is 2. The van der Waals surface area contributed by atoms with Gasteiger partial charge in [0.25, 0.3) is 0 Å². The van der Waals surface area contributed by atoms with Gasteiger partial charge in [-0.15, -0.1) is 0 Å². The molecular formula is C16H21NO6. The highest BCUT2D eigenvalue weighted by Crippen LogP contribution is 2.03. The van der Waals surface area contributed by atoms with E-state index in [1.807, 2.05) is 19.9 Å². The van der Waals surface area contributed by atoms with E-state index in [0.29, 0.717) is 0 Å². The smallest absolute Gasteiger partial charge is 0.408 e. The van der Waals surface area contributed by atoms with E-state index in [-0.39, 0.29) is 19.1 Å². The molecule has 0 aliphatic rings. The van der Waals surface area contributed by atoms with Crippen molar-refractivity contribution in [1.29, 1.82) is 0 Å². The number of carboxylic acid groups (broad SMARTS) is 1. The second kappa shape index (κ2) is 9.45. The van der Waals surface area contributed by atoms with Crippen molar-refractivity contribution < 1.29 is 29.0 Å². The third-order valence-electron chi connectivity index (χ3n) is 2.73.